The lowest BCUT2D eigenvalue weighted by atomic mass is 10.00. The molecule has 0 heterocycles. The average molecular weight is 426 g/mol. The number of hydrogen-bond donors (Lipinski definition) is 3. The van der Waals surface area contributed by atoms with Gasteiger partial charge in [-0.05, 0) is 56.0 Å². The lowest BCUT2D eigenvalue weighted by Crippen LogP contribution is -2.55. The van der Waals surface area contributed by atoms with Gasteiger partial charge in [0.05, 0.1) is 6.04 Å². The molecule has 0 aromatic rings. The number of rotatable bonds is 13. The van der Waals surface area contributed by atoms with Gasteiger partial charge in [-0.1, -0.05) is 33.6 Å². The van der Waals surface area contributed by atoms with Crippen LogP contribution in [0.15, 0.2) is 0 Å². The van der Waals surface area contributed by atoms with E-state index in [4.69, 9.17) is 0 Å². The van der Waals surface area contributed by atoms with E-state index in [2.05, 4.69) is 27.8 Å². The van der Waals surface area contributed by atoms with E-state index in [1.807, 2.05) is 34.0 Å². The molecule has 0 bridgehead atoms. The van der Waals surface area contributed by atoms with Crippen molar-refractivity contribution in [2.24, 2.45) is 11.8 Å². The second-order valence-corrected chi connectivity index (χ2v) is 8.74. The standard InChI is InChI=1S/C21H35N3O4S/c1-7-8-19(26)23-17(11-14(2)3)21(28)24-18(12-15(4)5)20(27)22-16(13-25)9-10-29-6/h13-18H,9-12H2,1-6H3,(H,22,27)(H,23,26)(H,24,28)/t16-,17-,18-/m0/s1. The Morgan fingerprint density at radius 2 is 1.45 bits per heavy atom. The first-order valence-electron chi connectivity index (χ1n) is 9.92. The van der Waals surface area contributed by atoms with E-state index >= 15 is 0 Å². The first-order valence-corrected chi connectivity index (χ1v) is 11.3. The van der Waals surface area contributed by atoms with Crippen LogP contribution in [0.5, 0.6) is 0 Å². The van der Waals surface area contributed by atoms with Gasteiger partial charge in [-0.15, -0.1) is 0 Å². The van der Waals surface area contributed by atoms with Crippen LogP contribution >= 0.6 is 11.8 Å². The highest BCUT2D eigenvalue weighted by Gasteiger charge is 2.28. The fourth-order valence-corrected chi connectivity index (χ4v) is 3.18. The van der Waals surface area contributed by atoms with Gasteiger partial charge in [-0.3, -0.25) is 14.4 Å². The summed E-state index contributed by atoms with van der Waals surface area (Å²) in [5.74, 6) is 4.56. The summed E-state index contributed by atoms with van der Waals surface area (Å²) in [7, 11) is 0. The highest BCUT2D eigenvalue weighted by molar-refractivity contribution is 7.98. The first-order chi connectivity index (χ1) is 13.6. The molecule has 0 radical (unpaired) electrons. The average Bonchev–Trinajstić information content (AvgIpc) is 2.63. The summed E-state index contributed by atoms with van der Waals surface area (Å²) in [5.41, 5.74) is 0. The first kappa shape index (κ1) is 27.0. The lowest BCUT2D eigenvalue weighted by Gasteiger charge is -2.25. The van der Waals surface area contributed by atoms with Crippen molar-refractivity contribution in [1.82, 2.24) is 16.0 Å². The molecule has 0 aromatic carbocycles. The zero-order valence-corrected chi connectivity index (χ0v) is 19.2. The quantitative estimate of drug-likeness (QED) is 0.306. The van der Waals surface area contributed by atoms with Crippen LogP contribution in [0.25, 0.3) is 0 Å². The molecule has 0 fully saturated rings. The number of thioether (sulfide) groups is 1. The van der Waals surface area contributed by atoms with Crippen LogP contribution in [0.3, 0.4) is 0 Å². The molecule has 0 rings (SSSR count). The molecule has 0 spiro atoms. The van der Waals surface area contributed by atoms with Crippen molar-refractivity contribution in [3.05, 3.63) is 0 Å². The van der Waals surface area contributed by atoms with Crippen LogP contribution in [-0.4, -0.2) is 54.1 Å². The predicted molar refractivity (Wildman–Crippen MR) is 117 cm³/mol. The highest BCUT2D eigenvalue weighted by atomic mass is 32.2. The van der Waals surface area contributed by atoms with Gasteiger partial charge in [-0.2, -0.15) is 11.8 Å². The predicted octanol–water partition coefficient (Wildman–Crippen LogP) is 1.51. The Kier molecular flexibility index (Phi) is 13.9. The highest BCUT2D eigenvalue weighted by Crippen LogP contribution is 2.09. The summed E-state index contributed by atoms with van der Waals surface area (Å²) < 4.78 is 0. The Bertz CT molecular complexity index is 611. The van der Waals surface area contributed by atoms with Crippen molar-refractivity contribution in [2.75, 3.05) is 12.0 Å². The molecule has 3 amide bonds. The van der Waals surface area contributed by atoms with E-state index in [1.54, 1.807) is 18.7 Å². The molecule has 8 heteroatoms. The van der Waals surface area contributed by atoms with Crippen LogP contribution in [-0.2, 0) is 19.2 Å². The lowest BCUT2D eigenvalue weighted by molar-refractivity contribution is -0.132. The SMILES string of the molecule is CC#CC(=O)N[C@@H](CC(C)C)C(=O)N[C@@H](CC(C)C)C(=O)N[C@H](C=O)CCSC. The number of aldehydes is 1. The van der Waals surface area contributed by atoms with Crippen LogP contribution < -0.4 is 16.0 Å². The van der Waals surface area contributed by atoms with Crippen molar-refractivity contribution >= 4 is 35.8 Å². The summed E-state index contributed by atoms with van der Waals surface area (Å²) in [6.45, 7) is 9.32. The largest absolute Gasteiger partial charge is 0.345 e. The van der Waals surface area contributed by atoms with Crippen LogP contribution in [0.1, 0.15) is 53.9 Å². The summed E-state index contributed by atoms with van der Waals surface area (Å²) in [6, 6.07) is -2.17. The topological polar surface area (TPSA) is 104 Å². The molecule has 164 valence electrons. The molecule has 3 N–H and O–H groups in total. The minimum Gasteiger partial charge on any atom is -0.345 e. The zero-order chi connectivity index (χ0) is 22.4. The molecular formula is C21H35N3O4S. The molecule has 7 nitrogen and oxygen atoms in total. The summed E-state index contributed by atoms with van der Waals surface area (Å²) >= 11 is 1.59. The Labute approximate surface area is 178 Å². The molecule has 0 aliphatic carbocycles. The van der Waals surface area contributed by atoms with Gasteiger partial charge >= 0.3 is 0 Å². The van der Waals surface area contributed by atoms with E-state index in [-0.39, 0.29) is 11.8 Å². The number of carbonyl (C=O) groups excluding carboxylic acids is 4. The summed E-state index contributed by atoms with van der Waals surface area (Å²) in [5, 5.41) is 8.07. The third kappa shape index (κ3) is 12.2. The molecule has 0 aliphatic rings. The Hall–Kier alpha value is -2.01. The van der Waals surface area contributed by atoms with E-state index in [0.717, 1.165) is 5.75 Å². The summed E-state index contributed by atoms with van der Waals surface area (Å²) in [4.78, 5) is 48.6. The van der Waals surface area contributed by atoms with Crippen molar-refractivity contribution in [3.8, 4) is 11.8 Å². The van der Waals surface area contributed by atoms with Gasteiger partial charge in [-0.25, -0.2) is 0 Å². The van der Waals surface area contributed by atoms with Gasteiger partial charge < -0.3 is 20.7 Å². The maximum Gasteiger partial charge on any atom is 0.296 e. The molecule has 0 saturated heterocycles. The number of hydrogen-bond acceptors (Lipinski definition) is 5. The molecule has 0 aliphatic heterocycles. The fraction of sp³-hybridized carbons (Fsp3) is 0.714. The van der Waals surface area contributed by atoms with Crippen LogP contribution in [0.4, 0.5) is 0 Å². The van der Waals surface area contributed by atoms with E-state index < -0.39 is 35.8 Å². The van der Waals surface area contributed by atoms with Gasteiger partial charge in [0.2, 0.25) is 11.8 Å². The van der Waals surface area contributed by atoms with Crippen molar-refractivity contribution in [1.29, 1.82) is 0 Å². The van der Waals surface area contributed by atoms with Gasteiger partial charge in [0.1, 0.15) is 18.4 Å². The van der Waals surface area contributed by atoms with Gasteiger partial charge in [0.15, 0.2) is 0 Å². The van der Waals surface area contributed by atoms with Crippen molar-refractivity contribution in [2.45, 2.75) is 72.0 Å². The van der Waals surface area contributed by atoms with Crippen LogP contribution in [0.2, 0.25) is 0 Å². The third-order valence-electron chi connectivity index (χ3n) is 4.03. The maximum absolute atomic E-state index is 12.8. The molecular weight excluding hydrogens is 390 g/mol. The van der Waals surface area contributed by atoms with E-state index in [0.29, 0.717) is 25.5 Å². The summed E-state index contributed by atoms with van der Waals surface area (Å²) in [6.07, 6.45) is 4.01. The van der Waals surface area contributed by atoms with Crippen molar-refractivity contribution < 1.29 is 19.2 Å². The Morgan fingerprint density at radius 3 is 1.90 bits per heavy atom. The molecule has 3 atom stereocenters. The molecule has 0 unspecified atom stereocenters. The molecule has 29 heavy (non-hydrogen) atoms. The van der Waals surface area contributed by atoms with Gasteiger partial charge in [0, 0.05) is 0 Å². The minimum absolute atomic E-state index is 0.149. The van der Waals surface area contributed by atoms with E-state index in [9.17, 15) is 19.2 Å². The normalized spacial score (nSPS) is 13.7. The van der Waals surface area contributed by atoms with Crippen molar-refractivity contribution in [3.63, 3.8) is 0 Å². The third-order valence-corrected chi connectivity index (χ3v) is 4.68. The van der Waals surface area contributed by atoms with Gasteiger partial charge in [0.25, 0.3) is 5.91 Å². The molecule has 0 aromatic heterocycles. The number of amides is 3. The Morgan fingerprint density at radius 1 is 0.931 bits per heavy atom. The smallest absolute Gasteiger partial charge is 0.296 e. The molecule has 0 saturated carbocycles. The minimum atomic E-state index is -0.789. The Balaban J connectivity index is 5.28. The second-order valence-electron chi connectivity index (χ2n) is 7.75. The number of carbonyl (C=O) groups is 4. The maximum atomic E-state index is 12.8. The monoisotopic (exact) mass is 425 g/mol. The fourth-order valence-electron chi connectivity index (χ4n) is 2.69. The zero-order valence-electron chi connectivity index (χ0n) is 18.3. The second kappa shape index (κ2) is 14.9. The number of nitrogens with one attached hydrogen (secondary N) is 3. The van der Waals surface area contributed by atoms with E-state index in [1.165, 1.54) is 0 Å². The van der Waals surface area contributed by atoms with Crippen LogP contribution in [0, 0.1) is 23.7 Å².